The zero-order valence-electron chi connectivity index (χ0n) is 8.57. The summed E-state index contributed by atoms with van der Waals surface area (Å²) in [6, 6.07) is 0. The molecule has 0 radical (unpaired) electrons. The molecular formula is C10H17N3S. The van der Waals surface area contributed by atoms with Crippen molar-refractivity contribution in [1.82, 2.24) is 9.59 Å². The van der Waals surface area contributed by atoms with E-state index in [0.717, 1.165) is 23.4 Å². The standard InChI is InChI=1S/C10H17N3S/c1-8-2-4-9(5-3-8)6-11-10-7-12-13-14-10/h7-9,11H,2-6H2,1H3. The Morgan fingerprint density at radius 3 is 2.86 bits per heavy atom. The first kappa shape index (κ1) is 9.90. The van der Waals surface area contributed by atoms with Crippen molar-refractivity contribution in [3.8, 4) is 0 Å². The van der Waals surface area contributed by atoms with Gasteiger partial charge in [0.05, 0.1) is 6.20 Å². The summed E-state index contributed by atoms with van der Waals surface area (Å²) in [6.45, 7) is 3.45. The molecule has 0 unspecified atom stereocenters. The molecule has 4 heteroatoms. The zero-order valence-corrected chi connectivity index (χ0v) is 9.39. The first-order valence-electron chi connectivity index (χ1n) is 5.36. The first-order chi connectivity index (χ1) is 6.84. The van der Waals surface area contributed by atoms with Crippen molar-refractivity contribution in [1.29, 1.82) is 0 Å². The topological polar surface area (TPSA) is 37.8 Å². The minimum atomic E-state index is 0.855. The molecule has 3 nitrogen and oxygen atoms in total. The molecule has 0 atom stereocenters. The van der Waals surface area contributed by atoms with Crippen molar-refractivity contribution < 1.29 is 0 Å². The summed E-state index contributed by atoms with van der Waals surface area (Å²) < 4.78 is 3.83. The van der Waals surface area contributed by atoms with E-state index in [0.29, 0.717) is 0 Å². The van der Waals surface area contributed by atoms with Crippen LogP contribution in [0.1, 0.15) is 32.6 Å². The van der Waals surface area contributed by atoms with Gasteiger partial charge in [-0.3, -0.25) is 0 Å². The van der Waals surface area contributed by atoms with Gasteiger partial charge in [-0.15, -0.1) is 5.10 Å². The van der Waals surface area contributed by atoms with Crippen molar-refractivity contribution in [3.63, 3.8) is 0 Å². The van der Waals surface area contributed by atoms with Crippen LogP contribution in [-0.4, -0.2) is 16.1 Å². The van der Waals surface area contributed by atoms with E-state index in [-0.39, 0.29) is 0 Å². The molecule has 78 valence electrons. The molecule has 1 saturated carbocycles. The molecule has 0 bridgehead atoms. The van der Waals surface area contributed by atoms with Crippen molar-refractivity contribution in [2.24, 2.45) is 11.8 Å². The highest BCUT2D eigenvalue weighted by Gasteiger charge is 2.17. The van der Waals surface area contributed by atoms with Crippen LogP contribution in [0, 0.1) is 11.8 Å². The van der Waals surface area contributed by atoms with E-state index in [4.69, 9.17) is 0 Å². The van der Waals surface area contributed by atoms with E-state index in [9.17, 15) is 0 Å². The average Bonchev–Trinajstić information content (AvgIpc) is 2.70. The molecule has 1 aliphatic carbocycles. The van der Waals surface area contributed by atoms with Gasteiger partial charge >= 0.3 is 0 Å². The second-order valence-corrected chi connectivity index (χ2v) is 5.07. The molecule has 14 heavy (non-hydrogen) atoms. The molecule has 0 spiro atoms. The Morgan fingerprint density at radius 1 is 1.43 bits per heavy atom. The minimum Gasteiger partial charge on any atom is -0.374 e. The van der Waals surface area contributed by atoms with Gasteiger partial charge in [0.25, 0.3) is 0 Å². The monoisotopic (exact) mass is 211 g/mol. The number of nitrogens with zero attached hydrogens (tertiary/aromatic N) is 2. The van der Waals surface area contributed by atoms with Crippen LogP contribution in [0.5, 0.6) is 0 Å². The summed E-state index contributed by atoms with van der Waals surface area (Å²) in [7, 11) is 0. The minimum absolute atomic E-state index is 0.855. The smallest absolute Gasteiger partial charge is 0.130 e. The van der Waals surface area contributed by atoms with Crippen LogP contribution in [-0.2, 0) is 0 Å². The number of anilines is 1. The van der Waals surface area contributed by atoms with E-state index in [1.54, 1.807) is 6.20 Å². The number of aromatic nitrogens is 2. The molecule has 0 saturated heterocycles. The fraction of sp³-hybridized carbons (Fsp3) is 0.800. The van der Waals surface area contributed by atoms with Crippen LogP contribution in [0.25, 0.3) is 0 Å². The average molecular weight is 211 g/mol. The van der Waals surface area contributed by atoms with E-state index in [1.165, 1.54) is 37.2 Å². The predicted octanol–water partition coefficient (Wildman–Crippen LogP) is 2.78. The van der Waals surface area contributed by atoms with Crippen molar-refractivity contribution in [2.45, 2.75) is 32.6 Å². The number of nitrogens with one attached hydrogen (secondary N) is 1. The molecule has 2 rings (SSSR count). The fourth-order valence-corrected chi connectivity index (χ4v) is 2.45. The second-order valence-electron chi connectivity index (χ2n) is 4.29. The van der Waals surface area contributed by atoms with Crippen LogP contribution in [0.4, 0.5) is 5.00 Å². The third-order valence-electron chi connectivity index (χ3n) is 3.06. The third-order valence-corrected chi connectivity index (χ3v) is 3.68. The molecule has 1 heterocycles. The van der Waals surface area contributed by atoms with Gasteiger partial charge in [0.1, 0.15) is 5.00 Å². The van der Waals surface area contributed by atoms with Crippen LogP contribution in [0.15, 0.2) is 6.20 Å². The Bertz CT molecular complexity index is 252. The summed E-state index contributed by atoms with van der Waals surface area (Å²) in [5.74, 6) is 1.80. The molecule has 0 aromatic carbocycles. The fourth-order valence-electron chi connectivity index (χ4n) is 2.02. The number of rotatable bonds is 3. The molecule has 0 amide bonds. The second kappa shape index (κ2) is 4.73. The van der Waals surface area contributed by atoms with Gasteiger partial charge in [-0.2, -0.15) is 0 Å². The van der Waals surface area contributed by atoms with Crippen molar-refractivity contribution in [2.75, 3.05) is 11.9 Å². The van der Waals surface area contributed by atoms with Gasteiger partial charge in [0.2, 0.25) is 0 Å². The van der Waals surface area contributed by atoms with E-state index < -0.39 is 0 Å². The maximum Gasteiger partial charge on any atom is 0.130 e. The summed E-state index contributed by atoms with van der Waals surface area (Å²) in [5, 5.41) is 8.31. The SMILES string of the molecule is CC1CCC(CNc2cnns2)CC1. The molecule has 0 aliphatic heterocycles. The Hall–Kier alpha value is -0.640. The molecule has 1 aromatic rings. The maximum atomic E-state index is 3.83. The highest BCUT2D eigenvalue weighted by molar-refractivity contribution is 7.09. The Kier molecular flexibility index (Phi) is 3.35. The highest BCUT2D eigenvalue weighted by Crippen LogP contribution is 2.28. The summed E-state index contributed by atoms with van der Waals surface area (Å²) in [5.41, 5.74) is 0. The first-order valence-corrected chi connectivity index (χ1v) is 6.13. The highest BCUT2D eigenvalue weighted by atomic mass is 32.1. The largest absolute Gasteiger partial charge is 0.374 e. The van der Waals surface area contributed by atoms with E-state index in [1.807, 2.05) is 0 Å². The molecular weight excluding hydrogens is 194 g/mol. The van der Waals surface area contributed by atoms with Gasteiger partial charge in [-0.1, -0.05) is 24.3 Å². The van der Waals surface area contributed by atoms with E-state index in [2.05, 4.69) is 21.8 Å². The number of hydrogen-bond acceptors (Lipinski definition) is 4. The lowest BCUT2D eigenvalue weighted by atomic mass is 9.83. The Labute approximate surface area is 89.1 Å². The van der Waals surface area contributed by atoms with Crippen LogP contribution >= 0.6 is 11.5 Å². The quantitative estimate of drug-likeness (QED) is 0.835. The predicted molar refractivity (Wildman–Crippen MR) is 59.5 cm³/mol. The summed E-state index contributed by atoms with van der Waals surface area (Å²) >= 11 is 1.44. The summed E-state index contributed by atoms with van der Waals surface area (Å²) in [4.78, 5) is 0. The van der Waals surface area contributed by atoms with Gasteiger partial charge in [0.15, 0.2) is 0 Å². The molecule has 1 aliphatic rings. The van der Waals surface area contributed by atoms with E-state index >= 15 is 0 Å². The Balaban J connectivity index is 1.71. The van der Waals surface area contributed by atoms with Gasteiger partial charge in [-0.05, 0) is 24.7 Å². The lowest BCUT2D eigenvalue weighted by Crippen LogP contribution is -2.19. The van der Waals surface area contributed by atoms with Gasteiger partial charge in [-0.25, -0.2) is 0 Å². The van der Waals surface area contributed by atoms with Gasteiger partial charge < -0.3 is 5.32 Å². The van der Waals surface area contributed by atoms with Crippen LogP contribution in [0.3, 0.4) is 0 Å². The number of hydrogen-bond donors (Lipinski definition) is 1. The lowest BCUT2D eigenvalue weighted by Gasteiger charge is -2.26. The molecule has 1 fully saturated rings. The van der Waals surface area contributed by atoms with Crippen molar-refractivity contribution >= 4 is 16.5 Å². The Morgan fingerprint density at radius 2 is 2.21 bits per heavy atom. The maximum absolute atomic E-state index is 3.83. The van der Waals surface area contributed by atoms with Gasteiger partial charge in [0, 0.05) is 18.1 Å². The third kappa shape index (κ3) is 2.67. The summed E-state index contributed by atoms with van der Waals surface area (Å²) in [6.07, 6.45) is 7.34. The zero-order chi connectivity index (χ0) is 9.80. The van der Waals surface area contributed by atoms with Crippen LogP contribution in [0.2, 0.25) is 0 Å². The van der Waals surface area contributed by atoms with Crippen molar-refractivity contribution in [3.05, 3.63) is 6.20 Å². The molecule has 1 aromatic heterocycles. The lowest BCUT2D eigenvalue weighted by molar-refractivity contribution is 0.300. The normalized spacial score (nSPS) is 27.5. The van der Waals surface area contributed by atoms with Crippen LogP contribution < -0.4 is 5.32 Å². The molecule has 1 N–H and O–H groups in total.